The fourth-order valence-electron chi connectivity index (χ4n) is 2.94. The molecule has 0 aliphatic carbocycles. The Morgan fingerprint density at radius 2 is 1.85 bits per heavy atom. The summed E-state index contributed by atoms with van der Waals surface area (Å²) >= 11 is 1.22. The van der Waals surface area contributed by atoms with Crippen molar-refractivity contribution in [3.8, 4) is 10.4 Å². The number of anilines is 2. The monoisotopic (exact) mass is 374 g/mol. The number of hydrogen-bond donors (Lipinski definition) is 2. The lowest BCUT2D eigenvalue weighted by Crippen LogP contribution is -2.13. The van der Waals surface area contributed by atoms with Gasteiger partial charge in [0.15, 0.2) is 0 Å². The van der Waals surface area contributed by atoms with Crippen molar-refractivity contribution in [3.05, 3.63) is 70.4 Å². The molecule has 0 radical (unpaired) electrons. The van der Waals surface area contributed by atoms with E-state index >= 15 is 0 Å². The molecule has 0 atom stereocenters. The maximum atomic E-state index is 13.7. The molecule has 3 nitrogen and oxygen atoms in total. The molecule has 2 heterocycles. The molecular weight excluding hydrogens is 361 g/mol. The Hall–Kier alpha value is -2.80. The highest BCUT2D eigenvalue weighted by atomic mass is 32.1. The zero-order valence-electron chi connectivity index (χ0n) is 13.4. The van der Waals surface area contributed by atoms with Crippen LogP contribution >= 0.6 is 11.3 Å². The summed E-state index contributed by atoms with van der Waals surface area (Å²) in [6, 6.07) is 9.56. The number of carbonyl (C=O) groups is 1. The molecular formula is C19H13F3N2OS. The zero-order chi connectivity index (χ0) is 18.3. The van der Waals surface area contributed by atoms with Gasteiger partial charge < -0.3 is 10.6 Å². The summed E-state index contributed by atoms with van der Waals surface area (Å²) in [7, 11) is 0. The number of hydrogen-bond acceptors (Lipinski definition) is 3. The fraction of sp³-hybridized carbons (Fsp3) is 0.105. The van der Waals surface area contributed by atoms with E-state index in [0.29, 0.717) is 23.5 Å². The predicted octanol–water partition coefficient (Wildman–Crippen LogP) is 5.05. The van der Waals surface area contributed by atoms with Crippen molar-refractivity contribution in [1.82, 2.24) is 0 Å². The number of amides is 1. The SMILES string of the molecule is O=C(Nc1c(F)cccc1F)c1cc2c(s1)-c1ccc(F)cc1NCC2. The van der Waals surface area contributed by atoms with Gasteiger partial charge in [0.1, 0.15) is 23.1 Å². The van der Waals surface area contributed by atoms with Crippen LogP contribution < -0.4 is 10.6 Å². The standard InChI is InChI=1S/C19H13F3N2OS/c20-11-4-5-12-15(9-11)23-7-6-10-8-16(26-18(10)12)19(25)24-17-13(21)2-1-3-14(17)22/h1-5,8-9,23H,6-7H2,(H,24,25). The molecule has 0 spiro atoms. The second-order valence-electron chi connectivity index (χ2n) is 5.88. The minimum atomic E-state index is -0.832. The minimum Gasteiger partial charge on any atom is -0.384 e. The molecule has 3 aromatic rings. The van der Waals surface area contributed by atoms with E-state index in [1.54, 1.807) is 12.1 Å². The van der Waals surface area contributed by atoms with Gasteiger partial charge in [-0.25, -0.2) is 13.2 Å². The number of halogens is 3. The molecule has 2 N–H and O–H groups in total. The summed E-state index contributed by atoms with van der Waals surface area (Å²) in [4.78, 5) is 13.7. The third-order valence-corrected chi connectivity index (χ3v) is 5.38. The number of thiophene rings is 1. The van der Waals surface area contributed by atoms with Crippen LogP contribution in [0.5, 0.6) is 0 Å². The first kappa shape index (κ1) is 16.7. The van der Waals surface area contributed by atoms with Crippen molar-refractivity contribution in [3.63, 3.8) is 0 Å². The smallest absolute Gasteiger partial charge is 0.265 e. The van der Waals surface area contributed by atoms with Crippen LogP contribution in [-0.4, -0.2) is 12.5 Å². The first-order chi connectivity index (χ1) is 12.5. The van der Waals surface area contributed by atoms with Crippen LogP contribution in [0.1, 0.15) is 15.2 Å². The van der Waals surface area contributed by atoms with Gasteiger partial charge in [0.05, 0.1) is 4.88 Å². The van der Waals surface area contributed by atoms with Gasteiger partial charge in [-0.3, -0.25) is 4.79 Å². The Morgan fingerprint density at radius 3 is 2.62 bits per heavy atom. The molecule has 1 aliphatic rings. The molecule has 132 valence electrons. The Morgan fingerprint density at radius 1 is 1.08 bits per heavy atom. The Bertz CT molecular complexity index is 996. The predicted molar refractivity (Wildman–Crippen MR) is 96.2 cm³/mol. The van der Waals surface area contributed by atoms with Crippen molar-refractivity contribution in [2.24, 2.45) is 0 Å². The second-order valence-corrected chi connectivity index (χ2v) is 6.93. The topological polar surface area (TPSA) is 41.1 Å². The number of fused-ring (bicyclic) bond motifs is 3. The summed E-state index contributed by atoms with van der Waals surface area (Å²) < 4.78 is 41.0. The van der Waals surface area contributed by atoms with E-state index in [2.05, 4.69) is 10.6 Å². The first-order valence-corrected chi connectivity index (χ1v) is 8.76. The minimum absolute atomic E-state index is 0.342. The molecule has 1 amide bonds. The third-order valence-electron chi connectivity index (χ3n) is 4.17. The van der Waals surface area contributed by atoms with Crippen LogP contribution in [-0.2, 0) is 6.42 Å². The van der Waals surface area contributed by atoms with E-state index in [-0.39, 0.29) is 5.82 Å². The van der Waals surface area contributed by atoms with Crippen molar-refractivity contribution >= 4 is 28.6 Å². The number of nitrogens with one attached hydrogen (secondary N) is 2. The van der Waals surface area contributed by atoms with E-state index in [4.69, 9.17) is 0 Å². The van der Waals surface area contributed by atoms with Crippen LogP contribution in [0.3, 0.4) is 0 Å². The number of rotatable bonds is 2. The average Bonchev–Trinajstić information content (AvgIpc) is 2.95. The zero-order valence-corrected chi connectivity index (χ0v) is 14.2. The lowest BCUT2D eigenvalue weighted by atomic mass is 10.1. The van der Waals surface area contributed by atoms with E-state index in [9.17, 15) is 18.0 Å². The number of para-hydroxylation sites is 1. The Kier molecular flexibility index (Phi) is 4.16. The van der Waals surface area contributed by atoms with Crippen LogP contribution in [0, 0.1) is 17.5 Å². The van der Waals surface area contributed by atoms with Crippen molar-refractivity contribution in [2.75, 3.05) is 17.2 Å². The fourth-order valence-corrected chi connectivity index (χ4v) is 4.08. The van der Waals surface area contributed by atoms with Gasteiger partial charge in [0.2, 0.25) is 0 Å². The van der Waals surface area contributed by atoms with Gasteiger partial charge in [-0.15, -0.1) is 11.3 Å². The molecule has 4 rings (SSSR count). The van der Waals surface area contributed by atoms with Gasteiger partial charge >= 0.3 is 0 Å². The quantitative estimate of drug-likeness (QED) is 0.659. The highest BCUT2D eigenvalue weighted by Crippen LogP contribution is 2.40. The molecule has 26 heavy (non-hydrogen) atoms. The summed E-state index contributed by atoms with van der Waals surface area (Å²) in [5.41, 5.74) is 1.94. The lowest BCUT2D eigenvalue weighted by molar-refractivity contribution is 0.102. The van der Waals surface area contributed by atoms with Crippen LogP contribution in [0.15, 0.2) is 42.5 Å². The van der Waals surface area contributed by atoms with Gasteiger partial charge in [0.25, 0.3) is 5.91 Å². The molecule has 0 bridgehead atoms. The number of benzene rings is 2. The number of carbonyl (C=O) groups excluding carboxylic acids is 1. The van der Waals surface area contributed by atoms with E-state index in [1.807, 2.05) is 0 Å². The largest absolute Gasteiger partial charge is 0.384 e. The summed E-state index contributed by atoms with van der Waals surface area (Å²) in [6.45, 7) is 0.600. The van der Waals surface area contributed by atoms with Crippen molar-refractivity contribution < 1.29 is 18.0 Å². The molecule has 0 saturated carbocycles. The second kappa shape index (κ2) is 6.49. The van der Waals surface area contributed by atoms with E-state index in [1.165, 1.54) is 29.5 Å². The average molecular weight is 374 g/mol. The van der Waals surface area contributed by atoms with Crippen molar-refractivity contribution in [2.45, 2.75) is 6.42 Å². The van der Waals surface area contributed by atoms with Crippen molar-refractivity contribution in [1.29, 1.82) is 0 Å². The molecule has 0 fully saturated rings. The Labute approximate surface area is 151 Å². The normalized spacial score (nSPS) is 12.6. The van der Waals surface area contributed by atoms with Crippen LogP contribution in [0.25, 0.3) is 10.4 Å². The first-order valence-electron chi connectivity index (χ1n) is 7.95. The molecule has 2 aromatic carbocycles. The summed E-state index contributed by atoms with van der Waals surface area (Å²) in [5, 5.41) is 5.47. The molecule has 0 saturated heterocycles. The maximum Gasteiger partial charge on any atom is 0.265 e. The lowest BCUT2D eigenvalue weighted by Gasteiger charge is -2.08. The van der Waals surface area contributed by atoms with Gasteiger partial charge in [-0.05, 0) is 48.4 Å². The van der Waals surface area contributed by atoms with Gasteiger partial charge in [0, 0.05) is 22.7 Å². The molecule has 7 heteroatoms. The highest BCUT2D eigenvalue weighted by Gasteiger charge is 2.22. The maximum absolute atomic E-state index is 13.7. The molecule has 1 aromatic heterocycles. The van der Waals surface area contributed by atoms with Crippen LogP contribution in [0.4, 0.5) is 24.5 Å². The molecule has 1 aliphatic heterocycles. The Balaban J connectivity index is 1.70. The van der Waals surface area contributed by atoms with E-state index < -0.39 is 23.2 Å². The van der Waals surface area contributed by atoms with Crippen LogP contribution in [0.2, 0.25) is 0 Å². The third kappa shape index (κ3) is 2.94. The summed E-state index contributed by atoms with van der Waals surface area (Å²) in [5.74, 6) is -2.59. The highest BCUT2D eigenvalue weighted by molar-refractivity contribution is 7.17. The van der Waals surface area contributed by atoms with Gasteiger partial charge in [-0.2, -0.15) is 0 Å². The van der Waals surface area contributed by atoms with Gasteiger partial charge in [-0.1, -0.05) is 6.07 Å². The molecule has 0 unspecified atom stereocenters. The van der Waals surface area contributed by atoms with E-state index in [0.717, 1.165) is 28.1 Å². The summed E-state index contributed by atoms with van der Waals surface area (Å²) in [6.07, 6.45) is 0.656.